The molecule has 0 spiro atoms. The van der Waals surface area contributed by atoms with Gasteiger partial charge >= 0.3 is 0 Å². The third-order valence-corrected chi connectivity index (χ3v) is 3.10. The minimum atomic E-state index is -0.288. The van der Waals surface area contributed by atoms with Gasteiger partial charge in [0.05, 0.1) is 5.69 Å². The number of carbonyl (C=O) groups excluding carboxylic acids is 1. The Morgan fingerprint density at radius 2 is 1.79 bits per heavy atom. The second-order valence-corrected chi connectivity index (χ2v) is 4.54. The molecular formula is C14H14ClN3O. The maximum atomic E-state index is 12.2. The van der Waals surface area contributed by atoms with Crippen molar-refractivity contribution in [3.8, 4) is 0 Å². The lowest BCUT2D eigenvalue weighted by Gasteiger charge is -2.14. The Labute approximate surface area is 116 Å². The largest absolute Gasteiger partial charge is 0.324 e. The van der Waals surface area contributed by atoms with Gasteiger partial charge in [0.2, 0.25) is 0 Å². The first-order chi connectivity index (χ1) is 9.09. The summed E-state index contributed by atoms with van der Waals surface area (Å²) in [5.74, 6) is -0.288. The molecule has 0 bridgehead atoms. The monoisotopic (exact) mass is 275 g/mol. The van der Waals surface area contributed by atoms with E-state index in [1.54, 1.807) is 36.7 Å². The lowest BCUT2D eigenvalue weighted by Crippen LogP contribution is -2.20. The SMILES string of the molecule is C[C@@H](N)c1ccc(C(=O)N(Cl)c2ccncc2)cc1. The molecule has 1 heterocycles. The second-order valence-electron chi connectivity index (χ2n) is 4.20. The van der Waals surface area contributed by atoms with Crippen molar-refractivity contribution in [1.29, 1.82) is 0 Å². The van der Waals surface area contributed by atoms with Crippen LogP contribution in [0.2, 0.25) is 0 Å². The molecule has 0 fully saturated rings. The third-order valence-electron chi connectivity index (χ3n) is 2.75. The van der Waals surface area contributed by atoms with Crippen molar-refractivity contribution in [2.45, 2.75) is 13.0 Å². The first kappa shape index (κ1) is 13.5. The summed E-state index contributed by atoms with van der Waals surface area (Å²) in [6, 6.07) is 10.4. The number of nitrogens with zero attached hydrogens (tertiary/aromatic N) is 2. The molecule has 1 atom stereocenters. The molecule has 0 radical (unpaired) electrons. The van der Waals surface area contributed by atoms with E-state index >= 15 is 0 Å². The van der Waals surface area contributed by atoms with Gasteiger partial charge in [-0.05, 0) is 36.8 Å². The normalized spacial score (nSPS) is 11.9. The number of amides is 1. The molecule has 0 saturated carbocycles. The molecule has 2 rings (SSSR count). The number of pyridine rings is 1. The molecule has 1 amide bonds. The average molecular weight is 276 g/mol. The van der Waals surface area contributed by atoms with Crippen molar-refractivity contribution in [1.82, 2.24) is 4.98 Å². The van der Waals surface area contributed by atoms with Crippen molar-refractivity contribution >= 4 is 23.4 Å². The number of carbonyl (C=O) groups is 1. The molecule has 98 valence electrons. The van der Waals surface area contributed by atoms with E-state index in [4.69, 9.17) is 17.5 Å². The first-order valence-corrected chi connectivity index (χ1v) is 6.19. The van der Waals surface area contributed by atoms with Gasteiger partial charge in [-0.2, -0.15) is 0 Å². The van der Waals surface area contributed by atoms with Gasteiger partial charge in [0.15, 0.2) is 0 Å². The van der Waals surface area contributed by atoms with Gasteiger partial charge in [-0.3, -0.25) is 9.78 Å². The van der Waals surface area contributed by atoms with Crippen LogP contribution in [0.5, 0.6) is 0 Å². The fourth-order valence-electron chi connectivity index (χ4n) is 1.63. The van der Waals surface area contributed by atoms with Gasteiger partial charge in [-0.1, -0.05) is 12.1 Å². The summed E-state index contributed by atoms with van der Waals surface area (Å²) in [6.07, 6.45) is 3.16. The van der Waals surface area contributed by atoms with Gasteiger partial charge in [-0.15, -0.1) is 0 Å². The maximum absolute atomic E-state index is 12.2. The van der Waals surface area contributed by atoms with E-state index in [0.29, 0.717) is 11.3 Å². The molecule has 1 aromatic heterocycles. The Kier molecular flexibility index (Phi) is 4.14. The molecule has 0 unspecified atom stereocenters. The first-order valence-electron chi connectivity index (χ1n) is 5.85. The summed E-state index contributed by atoms with van der Waals surface area (Å²) in [5, 5.41) is 0. The molecule has 2 N–H and O–H groups in total. The van der Waals surface area contributed by atoms with Crippen molar-refractivity contribution < 1.29 is 4.79 Å². The Balaban J connectivity index is 2.20. The quantitative estimate of drug-likeness (QED) is 0.876. The minimum Gasteiger partial charge on any atom is -0.324 e. The Morgan fingerprint density at radius 3 is 2.32 bits per heavy atom. The Morgan fingerprint density at radius 1 is 1.21 bits per heavy atom. The highest BCUT2D eigenvalue weighted by Crippen LogP contribution is 2.19. The van der Waals surface area contributed by atoms with E-state index < -0.39 is 0 Å². The van der Waals surface area contributed by atoms with E-state index in [-0.39, 0.29) is 11.9 Å². The predicted octanol–water partition coefficient (Wildman–Crippen LogP) is 2.90. The highest BCUT2D eigenvalue weighted by Gasteiger charge is 2.15. The second kappa shape index (κ2) is 5.82. The highest BCUT2D eigenvalue weighted by molar-refractivity contribution is 6.39. The summed E-state index contributed by atoms with van der Waals surface area (Å²) in [4.78, 5) is 16.0. The molecule has 2 aromatic rings. The Hall–Kier alpha value is -1.91. The molecule has 0 aliphatic heterocycles. The van der Waals surface area contributed by atoms with Gasteiger partial charge in [0, 0.05) is 35.8 Å². The van der Waals surface area contributed by atoms with Crippen LogP contribution in [0.1, 0.15) is 28.9 Å². The number of rotatable bonds is 3. The van der Waals surface area contributed by atoms with Crippen LogP contribution in [0.3, 0.4) is 0 Å². The van der Waals surface area contributed by atoms with Crippen LogP contribution < -0.4 is 10.2 Å². The zero-order chi connectivity index (χ0) is 13.8. The summed E-state index contributed by atoms with van der Waals surface area (Å²) in [6.45, 7) is 1.89. The van der Waals surface area contributed by atoms with Crippen LogP contribution in [0.25, 0.3) is 0 Å². The molecular weight excluding hydrogens is 262 g/mol. The fraction of sp³-hybridized carbons (Fsp3) is 0.143. The van der Waals surface area contributed by atoms with E-state index in [2.05, 4.69) is 4.98 Å². The number of hydrogen-bond donors (Lipinski definition) is 1. The van der Waals surface area contributed by atoms with Crippen molar-refractivity contribution in [3.05, 3.63) is 59.9 Å². The van der Waals surface area contributed by atoms with E-state index in [9.17, 15) is 4.79 Å². The number of anilines is 1. The van der Waals surface area contributed by atoms with Gasteiger partial charge in [0.1, 0.15) is 0 Å². The average Bonchev–Trinajstić information content (AvgIpc) is 2.46. The summed E-state index contributed by atoms with van der Waals surface area (Å²) >= 11 is 6.02. The lowest BCUT2D eigenvalue weighted by molar-refractivity contribution is 0.101. The summed E-state index contributed by atoms with van der Waals surface area (Å²) < 4.78 is 1.07. The molecule has 5 heteroatoms. The van der Waals surface area contributed by atoms with Crippen LogP contribution in [-0.4, -0.2) is 10.9 Å². The summed E-state index contributed by atoms with van der Waals surface area (Å²) in [5.41, 5.74) is 7.83. The van der Waals surface area contributed by atoms with Crippen LogP contribution >= 0.6 is 11.8 Å². The van der Waals surface area contributed by atoms with E-state index in [0.717, 1.165) is 9.98 Å². The van der Waals surface area contributed by atoms with Gasteiger partial charge in [0.25, 0.3) is 5.91 Å². The van der Waals surface area contributed by atoms with Crippen molar-refractivity contribution in [2.75, 3.05) is 4.42 Å². The fourth-order valence-corrected chi connectivity index (χ4v) is 1.85. The lowest BCUT2D eigenvalue weighted by atomic mass is 10.1. The van der Waals surface area contributed by atoms with Crippen molar-refractivity contribution in [3.63, 3.8) is 0 Å². The Bertz CT molecular complexity index is 555. The summed E-state index contributed by atoms with van der Waals surface area (Å²) in [7, 11) is 0. The molecule has 4 nitrogen and oxygen atoms in total. The number of halogens is 1. The topological polar surface area (TPSA) is 59.2 Å². The van der Waals surface area contributed by atoms with Crippen molar-refractivity contribution in [2.24, 2.45) is 5.73 Å². The van der Waals surface area contributed by atoms with Crippen LogP contribution in [0.15, 0.2) is 48.8 Å². The maximum Gasteiger partial charge on any atom is 0.272 e. The molecule has 0 aliphatic carbocycles. The third kappa shape index (κ3) is 3.10. The van der Waals surface area contributed by atoms with E-state index in [1.807, 2.05) is 19.1 Å². The number of benzene rings is 1. The van der Waals surface area contributed by atoms with Crippen LogP contribution in [0.4, 0.5) is 5.69 Å². The standard InChI is InChI=1S/C14H14ClN3O/c1-10(16)11-2-4-12(5-3-11)14(19)18(15)13-6-8-17-9-7-13/h2-10H,16H2,1H3/t10-/m1/s1. The minimum absolute atomic E-state index is 0.0588. The zero-order valence-electron chi connectivity index (χ0n) is 10.5. The number of hydrogen-bond acceptors (Lipinski definition) is 3. The number of aromatic nitrogens is 1. The molecule has 0 aliphatic rings. The molecule has 19 heavy (non-hydrogen) atoms. The zero-order valence-corrected chi connectivity index (χ0v) is 11.2. The van der Waals surface area contributed by atoms with E-state index in [1.165, 1.54) is 0 Å². The molecule has 1 aromatic carbocycles. The van der Waals surface area contributed by atoms with Crippen LogP contribution in [0, 0.1) is 0 Å². The smallest absolute Gasteiger partial charge is 0.272 e. The predicted molar refractivity (Wildman–Crippen MR) is 75.9 cm³/mol. The highest BCUT2D eigenvalue weighted by atomic mass is 35.5. The van der Waals surface area contributed by atoms with Gasteiger partial charge < -0.3 is 5.73 Å². The van der Waals surface area contributed by atoms with Crippen LogP contribution in [-0.2, 0) is 0 Å². The number of nitrogens with two attached hydrogens (primary N) is 1. The van der Waals surface area contributed by atoms with Gasteiger partial charge in [-0.25, -0.2) is 4.42 Å². The molecule has 0 saturated heterocycles.